The Morgan fingerprint density at radius 3 is 1.85 bits per heavy atom. The number of nitrogens with two attached hydrogens (primary N) is 7. The number of nitrogens with zero attached hydrogens (tertiary/aromatic N) is 3. The minimum atomic E-state index is -0.0484. The third-order valence-corrected chi connectivity index (χ3v) is 4.08. The Bertz CT molecular complexity index is 1100. The van der Waals surface area contributed by atoms with E-state index in [0.29, 0.717) is 22.0 Å². The van der Waals surface area contributed by atoms with Crippen LogP contribution >= 0.6 is 0 Å². The van der Waals surface area contributed by atoms with Crippen molar-refractivity contribution in [1.82, 2.24) is 4.98 Å². The van der Waals surface area contributed by atoms with E-state index in [4.69, 9.17) is 45.5 Å². The molecule has 0 amide bonds. The second-order valence-electron chi connectivity index (χ2n) is 5.80. The number of nitrogen functional groups attached to an aromatic ring is 7. The van der Waals surface area contributed by atoms with Crippen LogP contribution in [-0.4, -0.2) is 10.8 Å². The molecule has 0 bridgehead atoms. The van der Waals surface area contributed by atoms with E-state index in [-0.39, 0.29) is 45.9 Å². The van der Waals surface area contributed by atoms with E-state index in [1.165, 1.54) is 0 Å². The van der Waals surface area contributed by atoms with E-state index in [9.17, 15) is 0 Å². The van der Waals surface area contributed by atoms with Crippen LogP contribution in [0.4, 0.5) is 45.8 Å². The molecule has 27 heavy (non-hydrogen) atoms. The van der Waals surface area contributed by atoms with Crippen molar-refractivity contribution in [3.8, 4) is 0 Å². The number of hydrogen-bond acceptors (Lipinski definition) is 10. The highest BCUT2D eigenvalue weighted by molar-refractivity contribution is 6.20. The van der Waals surface area contributed by atoms with E-state index < -0.39 is 0 Å². The molecule has 0 saturated heterocycles. The van der Waals surface area contributed by atoms with E-state index >= 15 is 0 Å². The first-order chi connectivity index (χ1) is 12.7. The molecule has 1 heterocycles. The number of fused-ring (bicyclic) bond motifs is 1. The van der Waals surface area contributed by atoms with Gasteiger partial charge in [-0.1, -0.05) is 0 Å². The van der Waals surface area contributed by atoms with Gasteiger partial charge < -0.3 is 40.1 Å². The van der Waals surface area contributed by atoms with E-state index in [1.807, 2.05) is 0 Å². The summed E-state index contributed by atoms with van der Waals surface area (Å²) < 4.78 is 0. The van der Waals surface area contributed by atoms with Crippen LogP contribution < -0.4 is 40.1 Å². The molecule has 0 unspecified atom stereocenters. The quantitative estimate of drug-likeness (QED) is 0.145. The number of aromatic nitrogens is 1. The lowest BCUT2D eigenvalue weighted by Crippen LogP contribution is -2.10. The predicted molar refractivity (Wildman–Crippen MR) is 110 cm³/mol. The van der Waals surface area contributed by atoms with Gasteiger partial charge in [-0.2, -0.15) is 5.11 Å². The van der Waals surface area contributed by atoms with Gasteiger partial charge in [0, 0.05) is 10.9 Å². The van der Waals surface area contributed by atoms with Crippen molar-refractivity contribution in [2.24, 2.45) is 16.0 Å². The molecule has 1 aromatic heterocycles. The van der Waals surface area contributed by atoms with Crippen molar-refractivity contribution in [3.63, 3.8) is 0 Å². The molecule has 3 aromatic rings. The fraction of sp³-hybridized carbons (Fsp3) is 0. The second kappa shape index (κ2) is 6.22. The summed E-state index contributed by atoms with van der Waals surface area (Å²) in [6.07, 6.45) is 0. The molecule has 11 heteroatoms. The maximum Gasteiger partial charge on any atom is 0.154 e. The molecule has 11 nitrogen and oxygen atoms in total. The van der Waals surface area contributed by atoms with Gasteiger partial charge in [0.05, 0.1) is 33.8 Å². The molecule has 138 valence electrons. The van der Waals surface area contributed by atoms with E-state index in [2.05, 4.69) is 15.2 Å². The molecule has 0 aliphatic heterocycles. The average molecular weight is 365 g/mol. The minimum absolute atomic E-state index is 0.0133. The predicted octanol–water partition coefficient (Wildman–Crippen LogP) is 1.43. The number of hydrogen-bond donors (Lipinski definition) is 8. The zero-order valence-electron chi connectivity index (χ0n) is 14.2. The number of nitrogens with one attached hydrogen (secondary N) is 1. The highest BCUT2D eigenvalue weighted by Crippen LogP contribution is 2.46. The smallest absolute Gasteiger partial charge is 0.154 e. The van der Waals surface area contributed by atoms with E-state index in [0.717, 1.165) is 0 Å². The second-order valence-corrected chi connectivity index (χ2v) is 5.80. The summed E-state index contributed by atoms with van der Waals surface area (Å²) in [5, 5.41) is 16.3. The lowest BCUT2D eigenvalue weighted by Gasteiger charge is -2.16. The Labute approximate surface area is 153 Å². The standard InChI is InChI=1S/C16H19N11/c17-9-7-8(10(18)12(20)11(9)19)15(23)25-16(24)13(7)27-26-6-3-1-5(2-4-6)14(21)22/h1-4H,17-20H2,(H3,21,22)(H4,23,24,25). The molecule has 0 fully saturated rings. The summed E-state index contributed by atoms with van der Waals surface area (Å²) in [7, 11) is 0. The van der Waals surface area contributed by atoms with Crippen molar-refractivity contribution < 1.29 is 0 Å². The van der Waals surface area contributed by atoms with Crippen LogP contribution in [-0.2, 0) is 0 Å². The molecule has 3 rings (SSSR count). The molecule has 0 spiro atoms. The van der Waals surface area contributed by atoms with Crippen molar-refractivity contribution in [2.75, 3.05) is 34.4 Å². The largest absolute Gasteiger partial charge is 0.396 e. The van der Waals surface area contributed by atoms with Crippen molar-refractivity contribution in [2.45, 2.75) is 0 Å². The Kier molecular flexibility index (Phi) is 4.04. The lowest BCUT2D eigenvalue weighted by molar-refractivity contribution is 1.22. The van der Waals surface area contributed by atoms with Crippen LogP contribution in [0.2, 0.25) is 0 Å². The van der Waals surface area contributed by atoms with Gasteiger partial charge in [-0.3, -0.25) is 5.41 Å². The number of pyridine rings is 1. The summed E-state index contributed by atoms with van der Waals surface area (Å²) in [5.41, 5.74) is 43.0. The molecule has 0 aliphatic carbocycles. The minimum Gasteiger partial charge on any atom is -0.396 e. The van der Waals surface area contributed by atoms with Gasteiger partial charge in [-0.05, 0) is 24.3 Å². The van der Waals surface area contributed by atoms with Crippen LogP contribution in [0.1, 0.15) is 5.56 Å². The van der Waals surface area contributed by atoms with Gasteiger partial charge in [-0.15, -0.1) is 5.11 Å². The first-order valence-electron chi connectivity index (χ1n) is 7.69. The third-order valence-electron chi connectivity index (χ3n) is 4.08. The highest BCUT2D eigenvalue weighted by Gasteiger charge is 2.20. The molecule has 0 saturated carbocycles. The summed E-state index contributed by atoms with van der Waals surface area (Å²) in [4.78, 5) is 4.05. The molecular formula is C16H19N11. The zero-order valence-corrected chi connectivity index (χ0v) is 14.2. The van der Waals surface area contributed by atoms with Gasteiger partial charge in [0.25, 0.3) is 0 Å². The van der Waals surface area contributed by atoms with Gasteiger partial charge in [0.1, 0.15) is 17.3 Å². The van der Waals surface area contributed by atoms with Crippen LogP contribution in [0.3, 0.4) is 0 Å². The van der Waals surface area contributed by atoms with Gasteiger partial charge in [0.15, 0.2) is 5.82 Å². The van der Waals surface area contributed by atoms with Crippen molar-refractivity contribution in [3.05, 3.63) is 29.8 Å². The summed E-state index contributed by atoms with van der Waals surface area (Å²) in [6.45, 7) is 0. The number of amidine groups is 1. The molecule has 15 N–H and O–H groups in total. The Hall–Kier alpha value is -4.28. The maximum atomic E-state index is 7.40. The Morgan fingerprint density at radius 2 is 1.30 bits per heavy atom. The fourth-order valence-electron chi connectivity index (χ4n) is 2.62. The lowest BCUT2D eigenvalue weighted by atomic mass is 10.0. The first kappa shape index (κ1) is 17.5. The maximum absolute atomic E-state index is 7.40. The van der Waals surface area contributed by atoms with Crippen LogP contribution in [0.15, 0.2) is 34.5 Å². The SMILES string of the molecule is N=C(N)c1ccc(N=Nc2c(N)nc(N)c3c(N)c(N)c(N)c(N)c23)cc1. The summed E-state index contributed by atoms with van der Waals surface area (Å²) >= 11 is 0. The highest BCUT2D eigenvalue weighted by atomic mass is 15.1. The van der Waals surface area contributed by atoms with Gasteiger partial charge >= 0.3 is 0 Å². The Balaban J connectivity index is 2.21. The van der Waals surface area contributed by atoms with Crippen LogP contribution in [0, 0.1) is 5.41 Å². The number of azo groups is 1. The van der Waals surface area contributed by atoms with Gasteiger partial charge in [-0.25, -0.2) is 4.98 Å². The fourth-order valence-corrected chi connectivity index (χ4v) is 2.62. The number of anilines is 6. The van der Waals surface area contributed by atoms with Crippen molar-refractivity contribution >= 4 is 62.4 Å². The Morgan fingerprint density at radius 1 is 0.741 bits per heavy atom. The molecule has 0 radical (unpaired) electrons. The first-order valence-corrected chi connectivity index (χ1v) is 7.69. The van der Waals surface area contributed by atoms with Crippen LogP contribution in [0.5, 0.6) is 0 Å². The topological polar surface area (TPSA) is 244 Å². The summed E-state index contributed by atoms with van der Waals surface area (Å²) in [5.74, 6) is 0.0234. The number of benzene rings is 2. The third kappa shape index (κ3) is 2.82. The zero-order chi connectivity index (χ0) is 19.9. The van der Waals surface area contributed by atoms with Gasteiger partial charge in [0.2, 0.25) is 0 Å². The average Bonchev–Trinajstić information content (AvgIpc) is 2.63. The molecule has 0 atom stereocenters. The monoisotopic (exact) mass is 365 g/mol. The van der Waals surface area contributed by atoms with Crippen molar-refractivity contribution in [1.29, 1.82) is 5.41 Å². The molecule has 0 aliphatic rings. The van der Waals surface area contributed by atoms with Crippen LogP contribution in [0.25, 0.3) is 10.8 Å². The summed E-state index contributed by atoms with van der Waals surface area (Å²) in [6, 6.07) is 6.58. The molecular weight excluding hydrogens is 346 g/mol. The normalized spacial score (nSPS) is 11.3. The molecule has 2 aromatic carbocycles. The van der Waals surface area contributed by atoms with E-state index in [1.54, 1.807) is 24.3 Å². The number of rotatable bonds is 3.